The van der Waals surface area contributed by atoms with Crippen LogP contribution in [0.2, 0.25) is 0 Å². The standard InChI is InChI=1S/C12H15N3O3S/c1-6(8-4-13-5-8)10(16)15(3)11-9(12(17)18)7(2)14-19-11/h13H,4-5H2,1-3H3,(H,17,18). The Bertz CT molecular complexity index is 571. The van der Waals surface area contributed by atoms with Gasteiger partial charge >= 0.3 is 5.97 Å². The van der Waals surface area contributed by atoms with Crippen LogP contribution in [0.4, 0.5) is 5.00 Å². The number of aromatic nitrogens is 1. The zero-order chi connectivity index (χ0) is 14.2. The summed E-state index contributed by atoms with van der Waals surface area (Å²) >= 11 is 1.03. The number of carbonyl (C=O) groups excluding carboxylic acids is 1. The summed E-state index contributed by atoms with van der Waals surface area (Å²) in [6, 6.07) is 0. The van der Waals surface area contributed by atoms with Crippen LogP contribution in [-0.4, -0.2) is 41.5 Å². The molecule has 2 N–H and O–H groups in total. The second-order valence-corrected chi connectivity index (χ2v) is 5.20. The van der Waals surface area contributed by atoms with Crippen molar-refractivity contribution in [2.75, 3.05) is 25.0 Å². The SMILES string of the molecule is CC(C(=O)N(C)c1snc(C)c1C(=O)O)=C1CNC1. The summed E-state index contributed by atoms with van der Waals surface area (Å²) in [5.41, 5.74) is 2.27. The average Bonchev–Trinajstić information content (AvgIpc) is 2.66. The number of aryl methyl sites for hydroxylation is 1. The predicted molar refractivity (Wildman–Crippen MR) is 72.8 cm³/mol. The van der Waals surface area contributed by atoms with Gasteiger partial charge in [-0.25, -0.2) is 4.79 Å². The molecule has 1 fully saturated rings. The van der Waals surface area contributed by atoms with Crippen LogP contribution in [0, 0.1) is 6.92 Å². The molecule has 1 aromatic heterocycles. The Morgan fingerprint density at radius 3 is 2.53 bits per heavy atom. The van der Waals surface area contributed by atoms with Crippen molar-refractivity contribution >= 4 is 28.4 Å². The number of hydrogen-bond donors (Lipinski definition) is 2. The van der Waals surface area contributed by atoms with Gasteiger partial charge in [0.15, 0.2) is 0 Å². The maximum Gasteiger partial charge on any atom is 0.340 e. The molecule has 102 valence electrons. The van der Waals surface area contributed by atoms with E-state index in [0.717, 1.165) is 30.2 Å². The van der Waals surface area contributed by atoms with Gasteiger partial charge < -0.3 is 15.3 Å². The molecular formula is C12H15N3O3S. The third-order valence-corrected chi connectivity index (χ3v) is 4.21. The zero-order valence-corrected chi connectivity index (χ0v) is 11.8. The van der Waals surface area contributed by atoms with E-state index in [1.54, 1.807) is 20.9 Å². The molecule has 1 aliphatic heterocycles. The van der Waals surface area contributed by atoms with Crippen molar-refractivity contribution in [2.45, 2.75) is 13.8 Å². The minimum Gasteiger partial charge on any atom is -0.478 e. The van der Waals surface area contributed by atoms with Crippen molar-refractivity contribution in [3.8, 4) is 0 Å². The molecule has 1 amide bonds. The van der Waals surface area contributed by atoms with E-state index in [4.69, 9.17) is 0 Å². The van der Waals surface area contributed by atoms with Crippen molar-refractivity contribution in [1.29, 1.82) is 0 Å². The highest BCUT2D eigenvalue weighted by Gasteiger charge is 2.26. The molecule has 0 radical (unpaired) electrons. The highest BCUT2D eigenvalue weighted by molar-refractivity contribution is 7.11. The Morgan fingerprint density at radius 2 is 2.05 bits per heavy atom. The summed E-state index contributed by atoms with van der Waals surface area (Å²) < 4.78 is 4.02. The maximum atomic E-state index is 12.3. The topological polar surface area (TPSA) is 82.5 Å². The fourth-order valence-electron chi connectivity index (χ4n) is 1.84. The van der Waals surface area contributed by atoms with Crippen molar-refractivity contribution in [3.63, 3.8) is 0 Å². The number of nitrogens with one attached hydrogen (secondary N) is 1. The molecule has 2 rings (SSSR count). The van der Waals surface area contributed by atoms with Crippen LogP contribution >= 0.6 is 11.5 Å². The van der Waals surface area contributed by atoms with E-state index in [2.05, 4.69) is 9.69 Å². The molecule has 0 unspecified atom stereocenters. The molecule has 1 aliphatic rings. The minimum absolute atomic E-state index is 0.102. The third-order valence-electron chi connectivity index (χ3n) is 3.20. The Balaban J connectivity index is 2.32. The van der Waals surface area contributed by atoms with Crippen LogP contribution < -0.4 is 10.2 Å². The summed E-state index contributed by atoms with van der Waals surface area (Å²) in [6.07, 6.45) is 0. The number of amides is 1. The lowest BCUT2D eigenvalue weighted by Gasteiger charge is -2.24. The molecule has 7 heteroatoms. The summed E-state index contributed by atoms with van der Waals surface area (Å²) in [4.78, 5) is 24.9. The molecule has 1 aromatic rings. The molecule has 0 aliphatic carbocycles. The van der Waals surface area contributed by atoms with Gasteiger partial charge in [0.2, 0.25) is 0 Å². The first-order valence-electron chi connectivity index (χ1n) is 5.80. The first-order chi connectivity index (χ1) is 8.93. The first kappa shape index (κ1) is 13.7. The minimum atomic E-state index is -1.06. The van der Waals surface area contributed by atoms with Crippen LogP contribution in [-0.2, 0) is 4.79 Å². The molecule has 6 nitrogen and oxygen atoms in total. The Labute approximate surface area is 114 Å². The van der Waals surface area contributed by atoms with E-state index in [9.17, 15) is 14.7 Å². The van der Waals surface area contributed by atoms with E-state index in [1.807, 2.05) is 0 Å². The van der Waals surface area contributed by atoms with Gasteiger partial charge in [-0.15, -0.1) is 0 Å². The molecule has 0 atom stereocenters. The lowest BCUT2D eigenvalue weighted by atomic mass is 10.0. The van der Waals surface area contributed by atoms with E-state index in [-0.39, 0.29) is 11.5 Å². The van der Waals surface area contributed by atoms with E-state index < -0.39 is 5.97 Å². The largest absolute Gasteiger partial charge is 0.478 e. The van der Waals surface area contributed by atoms with Gasteiger partial charge in [-0.2, -0.15) is 4.37 Å². The highest BCUT2D eigenvalue weighted by atomic mass is 32.1. The van der Waals surface area contributed by atoms with Gasteiger partial charge in [-0.3, -0.25) is 4.79 Å². The van der Waals surface area contributed by atoms with Gasteiger partial charge in [-0.1, -0.05) is 0 Å². The van der Waals surface area contributed by atoms with Crippen LogP contribution in [0.1, 0.15) is 23.0 Å². The number of hydrogen-bond acceptors (Lipinski definition) is 5. The van der Waals surface area contributed by atoms with E-state index in [1.165, 1.54) is 4.90 Å². The predicted octanol–water partition coefficient (Wildman–Crippen LogP) is 1.03. The zero-order valence-electron chi connectivity index (χ0n) is 11.0. The number of rotatable bonds is 3. The monoisotopic (exact) mass is 281 g/mol. The molecule has 19 heavy (non-hydrogen) atoms. The third kappa shape index (κ3) is 2.39. The lowest BCUT2D eigenvalue weighted by molar-refractivity contribution is -0.114. The normalized spacial score (nSPS) is 13.9. The molecule has 0 bridgehead atoms. The number of carbonyl (C=O) groups is 2. The Kier molecular flexibility index (Phi) is 3.68. The number of carboxylic acids is 1. The Morgan fingerprint density at radius 1 is 1.42 bits per heavy atom. The van der Waals surface area contributed by atoms with E-state index >= 15 is 0 Å². The molecule has 0 saturated carbocycles. The van der Waals surface area contributed by atoms with Crippen molar-refractivity contribution in [2.24, 2.45) is 0 Å². The number of anilines is 1. The second-order valence-electron chi connectivity index (χ2n) is 4.45. The van der Waals surface area contributed by atoms with Gasteiger partial charge in [0.1, 0.15) is 10.6 Å². The fourth-order valence-corrected chi connectivity index (χ4v) is 2.69. The number of nitrogens with zero attached hydrogens (tertiary/aromatic N) is 2. The van der Waals surface area contributed by atoms with E-state index in [0.29, 0.717) is 16.3 Å². The Hall–Kier alpha value is -1.73. The lowest BCUT2D eigenvalue weighted by Crippen LogP contribution is -2.38. The number of likely N-dealkylation sites (N-methyl/N-ethyl adjacent to an activating group) is 1. The molecule has 2 heterocycles. The van der Waals surface area contributed by atoms with Crippen LogP contribution in [0.5, 0.6) is 0 Å². The second kappa shape index (κ2) is 5.10. The van der Waals surface area contributed by atoms with Crippen LogP contribution in [0.3, 0.4) is 0 Å². The number of carboxylic acid groups (broad SMARTS) is 1. The van der Waals surface area contributed by atoms with Gasteiger partial charge in [0, 0.05) is 25.7 Å². The first-order valence-corrected chi connectivity index (χ1v) is 6.57. The smallest absolute Gasteiger partial charge is 0.340 e. The summed E-state index contributed by atoms with van der Waals surface area (Å²) in [6.45, 7) is 4.84. The summed E-state index contributed by atoms with van der Waals surface area (Å²) in [5.74, 6) is -1.24. The maximum absolute atomic E-state index is 12.3. The van der Waals surface area contributed by atoms with Crippen LogP contribution in [0.15, 0.2) is 11.1 Å². The molecule has 0 aromatic carbocycles. The van der Waals surface area contributed by atoms with Crippen molar-refractivity contribution in [1.82, 2.24) is 9.69 Å². The molecule has 1 saturated heterocycles. The molecule has 0 spiro atoms. The van der Waals surface area contributed by atoms with Gasteiger partial charge in [0.05, 0.1) is 5.69 Å². The van der Waals surface area contributed by atoms with Crippen LogP contribution in [0.25, 0.3) is 0 Å². The number of aromatic carboxylic acids is 1. The quantitative estimate of drug-likeness (QED) is 0.809. The van der Waals surface area contributed by atoms with Gasteiger partial charge in [0.25, 0.3) is 5.91 Å². The van der Waals surface area contributed by atoms with Crippen molar-refractivity contribution in [3.05, 3.63) is 22.4 Å². The van der Waals surface area contributed by atoms with Gasteiger partial charge in [-0.05, 0) is 31.0 Å². The fraction of sp³-hybridized carbons (Fsp3) is 0.417. The van der Waals surface area contributed by atoms with Crippen molar-refractivity contribution < 1.29 is 14.7 Å². The average molecular weight is 281 g/mol. The summed E-state index contributed by atoms with van der Waals surface area (Å²) in [5, 5.41) is 12.6. The molecular weight excluding hydrogens is 266 g/mol. The summed E-state index contributed by atoms with van der Waals surface area (Å²) in [7, 11) is 1.58. The highest BCUT2D eigenvalue weighted by Crippen LogP contribution is 2.29.